The Kier molecular flexibility index (Phi) is 6.13. The molecule has 0 aliphatic heterocycles. The maximum atomic E-state index is 2.52. The average molecular weight is 737 g/mol. The molecule has 272 valence electrons. The van der Waals surface area contributed by atoms with E-state index in [0.717, 1.165) is 0 Å². The van der Waals surface area contributed by atoms with Crippen molar-refractivity contribution >= 4 is 43.1 Å². The molecule has 3 aliphatic carbocycles. The molecule has 0 spiro atoms. The molecule has 0 radical (unpaired) electrons. The third-order valence-electron chi connectivity index (χ3n) is 14.3. The first kappa shape index (κ1) is 32.3. The Bertz CT molecular complexity index is 3500. The highest BCUT2D eigenvalue weighted by molar-refractivity contribution is 6.32. The zero-order chi connectivity index (χ0) is 38.7. The summed E-state index contributed by atoms with van der Waals surface area (Å²) in [5.41, 5.74) is 21.5. The van der Waals surface area contributed by atoms with Gasteiger partial charge in [0.05, 0.1) is 0 Å². The van der Waals surface area contributed by atoms with Gasteiger partial charge in [0.25, 0.3) is 0 Å². The van der Waals surface area contributed by atoms with Crippen LogP contribution in [0.1, 0.15) is 49.9 Å². The van der Waals surface area contributed by atoms with Gasteiger partial charge in [-0.25, -0.2) is 0 Å². The minimum Gasteiger partial charge on any atom is -0.0619 e. The lowest BCUT2D eigenvalue weighted by molar-refractivity contribution is 0.662. The fourth-order valence-electron chi connectivity index (χ4n) is 12.0. The third kappa shape index (κ3) is 3.91. The highest BCUT2D eigenvalue weighted by Crippen LogP contribution is 2.63. The molecule has 10 aromatic rings. The van der Waals surface area contributed by atoms with Crippen molar-refractivity contribution in [3.05, 3.63) is 192 Å². The van der Waals surface area contributed by atoms with Crippen LogP contribution >= 0.6 is 0 Å². The lowest BCUT2D eigenvalue weighted by Crippen LogP contribution is -2.17. The lowest BCUT2D eigenvalue weighted by atomic mass is 9.73. The van der Waals surface area contributed by atoms with E-state index in [1.54, 1.807) is 0 Å². The zero-order valence-electron chi connectivity index (χ0n) is 33.2. The number of rotatable bonds is 2. The van der Waals surface area contributed by atoms with Crippen molar-refractivity contribution in [1.82, 2.24) is 0 Å². The molecule has 0 heterocycles. The number of fused-ring (bicyclic) bond motifs is 13. The first-order chi connectivity index (χ1) is 28.3. The average Bonchev–Trinajstić information content (AvgIpc) is 3.80. The van der Waals surface area contributed by atoms with Crippen LogP contribution in [0.25, 0.3) is 110 Å². The summed E-state index contributed by atoms with van der Waals surface area (Å²) in [6.45, 7) is 9.73. The molecule has 0 aromatic heterocycles. The smallest absolute Gasteiger partial charge is 0.0165 e. The summed E-state index contributed by atoms with van der Waals surface area (Å²) in [6.07, 6.45) is 0. The van der Waals surface area contributed by atoms with Crippen molar-refractivity contribution < 1.29 is 0 Å². The van der Waals surface area contributed by atoms with Crippen molar-refractivity contribution in [1.29, 1.82) is 0 Å². The molecule has 0 heteroatoms. The largest absolute Gasteiger partial charge is 0.0619 e. The van der Waals surface area contributed by atoms with Crippen molar-refractivity contribution in [3.63, 3.8) is 0 Å². The first-order valence-corrected chi connectivity index (χ1v) is 20.8. The molecule has 0 bridgehead atoms. The Hall–Kier alpha value is -6.76. The fraction of sp³-hybridized carbons (Fsp3) is 0.103. The van der Waals surface area contributed by atoms with E-state index in [2.05, 4.69) is 198 Å². The van der Waals surface area contributed by atoms with Crippen LogP contribution in [0, 0.1) is 0 Å². The highest BCUT2D eigenvalue weighted by atomic mass is 14.4. The van der Waals surface area contributed by atoms with E-state index in [0.29, 0.717) is 0 Å². The van der Waals surface area contributed by atoms with Crippen molar-refractivity contribution in [2.24, 2.45) is 0 Å². The van der Waals surface area contributed by atoms with Gasteiger partial charge in [0.2, 0.25) is 0 Å². The van der Waals surface area contributed by atoms with E-state index < -0.39 is 0 Å². The van der Waals surface area contributed by atoms with Gasteiger partial charge in [0.15, 0.2) is 0 Å². The molecular formula is C58H40. The molecule has 0 saturated heterocycles. The van der Waals surface area contributed by atoms with Gasteiger partial charge in [-0.2, -0.15) is 0 Å². The van der Waals surface area contributed by atoms with Gasteiger partial charge < -0.3 is 0 Å². The summed E-state index contributed by atoms with van der Waals surface area (Å²) in [5, 5.41) is 10.4. The summed E-state index contributed by atoms with van der Waals surface area (Å²) in [7, 11) is 0. The van der Waals surface area contributed by atoms with Crippen LogP contribution in [-0.4, -0.2) is 0 Å². The van der Waals surface area contributed by atoms with Crippen LogP contribution in [-0.2, 0) is 10.8 Å². The zero-order valence-corrected chi connectivity index (χ0v) is 33.2. The molecule has 0 nitrogen and oxygen atoms in total. The minimum atomic E-state index is -0.183. The van der Waals surface area contributed by atoms with Crippen LogP contribution in [0.4, 0.5) is 0 Å². The van der Waals surface area contributed by atoms with Gasteiger partial charge in [0.1, 0.15) is 0 Å². The Morgan fingerprint density at radius 1 is 0.276 bits per heavy atom. The molecule has 13 rings (SSSR count). The summed E-state index contributed by atoms with van der Waals surface area (Å²) in [5.74, 6) is 0. The topological polar surface area (TPSA) is 0 Å². The molecule has 0 unspecified atom stereocenters. The second-order valence-electron chi connectivity index (χ2n) is 17.9. The Balaban J connectivity index is 1.28. The van der Waals surface area contributed by atoms with Gasteiger partial charge in [-0.15, -0.1) is 0 Å². The van der Waals surface area contributed by atoms with E-state index in [1.165, 1.54) is 132 Å². The fourth-order valence-corrected chi connectivity index (χ4v) is 12.0. The first-order valence-electron chi connectivity index (χ1n) is 20.8. The molecule has 0 amide bonds. The summed E-state index contributed by atoms with van der Waals surface area (Å²) >= 11 is 0. The third-order valence-corrected chi connectivity index (χ3v) is 14.3. The molecule has 58 heavy (non-hydrogen) atoms. The normalized spacial score (nSPS) is 14.8. The summed E-state index contributed by atoms with van der Waals surface area (Å²) < 4.78 is 0. The second-order valence-corrected chi connectivity index (χ2v) is 17.9. The van der Waals surface area contributed by atoms with Crippen molar-refractivity contribution in [3.8, 4) is 66.8 Å². The van der Waals surface area contributed by atoms with Crippen LogP contribution in [0.3, 0.4) is 0 Å². The van der Waals surface area contributed by atoms with E-state index in [-0.39, 0.29) is 10.8 Å². The minimum absolute atomic E-state index is 0.181. The number of hydrogen-bond acceptors (Lipinski definition) is 0. The number of benzene rings is 10. The monoisotopic (exact) mass is 736 g/mol. The lowest BCUT2D eigenvalue weighted by Gasteiger charge is -2.29. The molecule has 0 fully saturated rings. The predicted octanol–water partition coefficient (Wildman–Crippen LogP) is 15.9. The SMILES string of the molecule is CC1(C)c2ccccc2-c2cccc(-c3c4c(c(-c5cccc6c5C(C)(C)c5ccccc5-6)c5cc6ccccc6cc35)-c3cc5ccccc5c5cccc-4c35)c21. The van der Waals surface area contributed by atoms with Gasteiger partial charge in [-0.3, -0.25) is 0 Å². The van der Waals surface area contributed by atoms with E-state index >= 15 is 0 Å². The highest BCUT2D eigenvalue weighted by Gasteiger charge is 2.42. The summed E-state index contributed by atoms with van der Waals surface area (Å²) in [6, 6.07) is 64.9. The van der Waals surface area contributed by atoms with Crippen LogP contribution in [0.15, 0.2) is 170 Å². The maximum absolute atomic E-state index is 2.52. The van der Waals surface area contributed by atoms with E-state index in [9.17, 15) is 0 Å². The summed E-state index contributed by atoms with van der Waals surface area (Å²) in [4.78, 5) is 0. The Morgan fingerprint density at radius 3 is 1.28 bits per heavy atom. The molecular weight excluding hydrogens is 697 g/mol. The predicted molar refractivity (Wildman–Crippen MR) is 247 cm³/mol. The molecule has 0 atom stereocenters. The van der Waals surface area contributed by atoms with E-state index in [4.69, 9.17) is 0 Å². The van der Waals surface area contributed by atoms with Gasteiger partial charge in [-0.05, 0) is 150 Å². The molecule has 0 N–H and O–H groups in total. The van der Waals surface area contributed by atoms with Crippen LogP contribution in [0.2, 0.25) is 0 Å². The molecule has 3 aliphatic rings. The number of hydrogen-bond donors (Lipinski definition) is 0. The van der Waals surface area contributed by atoms with Gasteiger partial charge in [-0.1, -0.05) is 179 Å². The standard InChI is InChI=1S/C58H40/c1-57(2)48-28-11-9-20-37(48)40-23-14-26-43(55(40)57)51-45-30-33-16-5-6-17-34(33)31-46(45)52(44-27-15-24-41-38-21-10-12-29-49(38)58(3,4)56(41)44)54-47-32-35-18-7-8-19-36(35)39-22-13-25-42(50(39)47)53(51)54/h5-32H,1-4H3. The van der Waals surface area contributed by atoms with Crippen molar-refractivity contribution in [2.75, 3.05) is 0 Å². The quantitative estimate of drug-likeness (QED) is 0.122. The Labute approximate surface area is 339 Å². The maximum Gasteiger partial charge on any atom is 0.0165 e. The van der Waals surface area contributed by atoms with Gasteiger partial charge in [0, 0.05) is 10.8 Å². The van der Waals surface area contributed by atoms with E-state index in [1.807, 2.05) is 0 Å². The van der Waals surface area contributed by atoms with Gasteiger partial charge >= 0.3 is 0 Å². The Morgan fingerprint density at radius 2 is 0.690 bits per heavy atom. The molecule has 0 saturated carbocycles. The van der Waals surface area contributed by atoms with Crippen LogP contribution in [0.5, 0.6) is 0 Å². The second kappa shape index (κ2) is 11.0. The molecule has 10 aromatic carbocycles. The van der Waals surface area contributed by atoms with Crippen molar-refractivity contribution in [2.45, 2.75) is 38.5 Å². The van der Waals surface area contributed by atoms with Crippen LogP contribution < -0.4 is 0 Å².